The standard InChI is InChI=1S/C15H20BrNO4/c1-8(2)14(19)17-7-10-5-11(16)6-12(13(10)18)21-15(20)9(3)4/h5-9,14,18-19H,1-4H3. The number of carbonyl (C=O) groups is 1. The summed E-state index contributed by atoms with van der Waals surface area (Å²) in [7, 11) is 0. The third-order valence-corrected chi connectivity index (χ3v) is 3.17. The van der Waals surface area contributed by atoms with Crippen LogP contribution in [0.3, 0.4) is 0 Å². The average molecular weight is 358 g/mol. The fraction of sp³-hybridized carbons (Fsp3) is 0.467. The zero-order valence-corrected chi connectivity index (χ0v) is 14.1. The summed E-state index contributed by atoms with van der Waals surface area (Å²) in [6.45, 7) is 7.08. The lowest BCUT2D eigenvalue weighted by Crippen LogP contribution is -2.15. The Morgan fingerprint density at radius 2 is 1.95 bits per heavy atom. The molecule has 0 radical (unpaired) electrons. The van der Waals surface area contributed by atoms with Crippen LogP contribution in [0.15, 0.2) is 21.6 Å². The van der Waals surface area contributed by atoms with Crippen molar-refractivity contribution in [3.8, 4) is 11.5 Å². The normalized spacial score (nSPS) is 13.1. The summed E-state index contributed by atoms with van der Waals surface area (Å²) in [5, 5.41) is 19.8. The van der Waals surface area contributed by atoms with E-state index in [1.807, 2.05) is 13.8 Å². The van der Waals surface area contributed by atoms with E-state index in [0.29, 0.717) is 10.0 Å². The molecule has 0 spiro atoms. The van der Waals surface area contributed by atoms with Gasteiger partial charge in [0.2, 0.25) is 0 Å². The van der Waals surface area contributed by atoms with Gasteiger partial charge in [-0.3, -0.25) is 9.79 Å². The number of esters is 1. The van der Waals surface area contributed by atoms with Crippen LogP contribution in [0.1, 0.15) is 33.3 Å². The van der Waals surface area contributed by atoms with Crippen molar-refractivity contribution in [2.75, 3.05) is 0 Å². The molecule has 21 heavy (non-hydrogen) atoms. The molecule has 5 nitrogen and oxygen atoms in total. The summed E-state index contributed by atoms with van der Waals surface area (Å²) in [4.78, 5) is 15.6. The Morgan fingerprint density at radius 3 is 2.48 bits per heavy atom. The van der Waals surface area contributed by atoms with Crippen molar-refractivity contribution >= 4 is 28.1 Å². The van der Waals surface area contributed by atoms with Gasteiger partial charge in [-0.05, 0) is 18.1 Å². The second-order valence-corrected chi connectivity index (χ2v) is 6.27. The largest absolute Gasteiger partial charge is 0.504 e. The molecule has 0 saturated carbocycles. The molecule has 0 aromatic heterocycles. The van der Waals surface area contributed by atoms with Gasteiger partial charge < -0.3 is 14.9 Å². The molecule has 0 aliphatic carbocycles. The van der Waals surface area contributed by atoms with Crippen LogP contribution in [0.2, 0.25) is 0 Å². The Kier molecular flexibility index (Phi) is 6.36. The van der Waals surface area contributed by atoms with Crippen LogP contribution in [0.4, 0.5) is 0 Å². The summed E-state index contributed by atoms with van der Waals surface area (Å²) in [6.07, 6.45) is 0.502. The molecule has 1 aromatic carbocycles. The monoisotopic (exact) mass is 357 g/mol. The second-order valence-electron chi connectivity index (χ2n) is 5.35. The maximum absolute atomic E-state index is 11.6. The van der Waals surface area contributed by atoms with Crippen molar-refractivity contribution < 1.29 is 19.7 Å². The zero-order chi connectivity index (χ0) is 16.2. The van der Waals surface area contributed by atoms with E-state index < -0.39 is 12.2 Å². The summed E-state index contributed by atoms with van der Waals surface area (Å²) in [5.41, 5.74) is 0.357. The lowest BCUT2D eigenvalue weighted by Gasteiger charge is -2.12. The van der Waals surface area contributed by atoms with Crippen molar-refractivity contribution in [2.45, 2.75) is 33.9 Å². The first kappa shape index (κ1) is 17.7. The molecule has 1 unspecified atom stereocenters. The SMILES string of the molecule is CC(C)C(=O)Oc1cc(Br)cc(C=NC(O)C(C)C)c1O. The van der Waals surface area contributed by atoms with E-state index >= 15 is 0 Å². The minimum atomic E-state index is -0.856. The van der Waals surface area contributed by atoms with E-state index in [4.69, 9.17) is 4.74 Å². The lowest BCUT2D eigenvalue weighted by molar-refractivity contribution is -0.137. The number of benzene rings is 1. The highest BCUT2D eigenvalue weighted by molar-refractivity contribution is 9.10. The minimum absolute atomic E-state index is 0.0335. The summed E-state index contributed by atoms with van der Waals surface area (Å²) in [5.74, 6) is -0.902. The number of hydrogen-bond donors (Lipinski definition) is 2. The number of aliphatic hydroxyl groups is 1. The number of halogens is 1. The summed E-state index contributed by atoms with van der Waals surface area (Å²) < 4.78 is 5.77. The second kappa shape index (κ2) is 7.56. The van der Waals surface area contributed by atoms with E-state index in [1.54, 1.807) is 19.9 Å². The maximum Gasteiger partial charge on any atom is 0.313 e. The van der Waals surface area contributed by atoms with Gasteiger partial charge in [0.25, 0.3) is 0 Å². The number of ether oxygens (including phenoxy) is 1. The predicted molar refractivity (Wildman–Crippen MR) is 84.7 cm³/mol. The number of rotatable bonds is 5. The molecule has 0 fully saturated rings. The molecular formula is C15H20BrNO4. The molecule has 1 rings (SSSR count). The smallest absolute Gasteiger partial charge is 0.313 e. The molecule has 6 heteroatoms. The Labute approximate surface area is 132 Å². The summed E-state index contributed by atoms with van der Waals surface area (Å²) >= 11 is 3.28. The van der Waals surface area contributed by atoms with Gasteiger partial charge >= 0.3 is 5.97 Å². The highest BCUT2D eigenvalue weighted by Gasteiger charge is 2.16. The number of aromatic hydroxyl groups is 1. The molecule has 0 aliphatic heterocycles. The van der Waals surface area contributed by atoms with E-state index in [9.17, 15) is 15.0 Å². The van der Waals surface area contributed by atoms with Gasteiger partial charge in [-0.25, -0.2) is 0 Å². The number of carbonyl (C=O) groups excluding carboxylic acids is 1. The number of nitrogens with zero attached hydrogens (tertiary/aromatic N) is 1. The lowest BCUT2D eigenvalue weighted by atomic mass is 10.1. The van der Waals surface area contributed by atoms with E-state index in [1.165, 1.54) is 12.3 Å². The maximum atomic E-state index is 11.6. The molecule has 0 saturated heterocycles. The number of phenols is 1. The van der Waals surface area contributed by atoms with Gasteiger partial charge in [0, 0.05) is 16.3 Å². The summed E-state index contributed by atoms with van der Waals surface area (Å²) in [6, 6.07) is 3.13. The van der Waals surface area contributed by atoms with Crippen LogP contribution in [0.5, 0.6) is 11.5 Å². The first-order valence-corrected chi connectivity index (χ1v) is 7.47. The first-order chi connectivity index (χ1) is 9.72. The fourth-order valence-corrected chi connectivity index (χ4v) is 1.78. The molecular weight excluding hydrogens is 338 g/mol. The van der Waals surface area contributed by atoms with Crippen LogP contribution in [-0.2, 0) is 4.79 Å². The molecule has 0 aliphatic rings. The minimum Gasteiger partial charge on any atom is -0.504 e. The molecule has 2 N–H and O–H groups in total. The van der Waals surface area contributed by atoms with Crippen LogP contribution < -0.4 is 4.74 Å². The van der Waals surface area contributed by atoms with Crippen molar-refractivity contribution in [1.29, 1.82) is 0 Å². The van der Waals surface area contributed by atoms with Gasteiger partial charge in [0.1, 0.15) is 6.23 Å². The number of phenolic OH excluding ortho intramolecular Hbond substituents is 1. The highest BCUT2D eigenvalue weighted by atomic mass is 79.9. The van der Waals surface area contributed by atoms with Gasteiger partial charge in [-0.2, -0.15) is 0 Å². The third-order valence-electron chi connectivity index (χ3n) is 2.71. The predicted octanol–water partition coefficient (Wildman–Crippen LogP) is 3.11. The molecule has 0 bridgehead atoms. The van der Waals surface area contributed by atoms with Gasteiger partial charge in [0.05, 0.1) is 5.92 Å². The van der Waals surface area contributed by atoms with E-state index in [2.05, 4.69) is 20.9 Å². The zero-order valence-electron chi connectivity index (χ0n) is 12.5. The highest BCUT2D eigenvalue weighted by Crippen LogP contribution is 2.33. The van der Waals surface area contributed by atoms with E-state index in [0.717, 1.165) is 0 Å². The van der Waals surface area contributed by atoms with Crippen LogP contribution >= 0.6 is 15.9 Å². The topological polar surface area (TPSA) is 79.1 Å². The van der Waals surface area contributed by atoms with Crippen molar-refractivity contribution in [2.24, 2.45) is 16.8 Å². The van der Waals surface area contributed by atoms with Crippen LogP contribution in [-0.4, -0.2) is 28.6 Å². The molecule has 1 aromatic rings. The quantitative estimate of drug-likeness (QED) is 0.482. The Balaban J connectivity index is 3.07. The fourth-order valence-electron chi connectivity index (χ4n) is 1.33. The number of hydrogen-bond acceptors (Lipinski definition) is 5. The van der Waals surface area contributed by atoms with Crippen LogP contribution in [0, 0.1) is 11.8 Å². The van der Waals surface area contributed by atoms with Crippen molar-refractivity contribution in [1.82, 2.24) is 0 Å². The third kappa shape index (κ3) is 5.13. The Bertz CT molecular complexity index is 541. The Hall–Kier alpha value is -1.40. The Morgan fingerprint density at radius 1 is 1.33 bits per heavy atom. The molecule has 116 valence electrons. The number of aliphatic hydroxyl groups excluding tert-OH is 1. The van der Waals surface area contributed by atoms with E-state index in [-0.39, 0.29) is 23.3 Å². The van der Waals surface area contributed by atoms with Gasteiger partial charge in [-0.1, -0.05) is 43.6 Å². The van der Waals surface area contributed by atoms with Crippen molar-refractivity contribution in [3.63, 3.8) is 0 Å². The van der Waals surface area contributed by atoms with Gasteiger partial charge in [0.15, 0.2) is 11.5 Å². The van der Waals surface area contributed by atoms with Gasteiger partial charge in [-0.15, -0.1) is 0 Å². The first-order valence-electron chi connectivity index (χ1n) is 6.67. The molecule has 0 heterocycles. The molecule has 0 amide bonds. The average Bonchev–Trinajstić information content (AvgIpc) is 2.39. The van der Waals surface area contributed by atoms with Crippen LogP contribution in [0.25, 0.3) is 0 Å². The molecule has 1 atom stereocenters. The number of aliphatic imine (C=N–C) groups is 1. The van der Waals surface area contributed by atoms with Crippen molar-refractivity contribution in [3.05, 3.63) is 22.2 Å².